The first-order chi connectivity index (χ1) is 5.65. The highest BCUT2D eigenvalue weighted by molar-refractivity contribution is 6.34. The van der Waals surface area contributed by atoms with Crippen molar-refractivity contribution in [2.24, 2.45) is 5.84 Å². The highest BCUT2D eigenvalue weighted by atomic mass is 35.5. The molecule has 1 amide bonds. The Balaban J connectivity index is 3.09. The van der Waals surface area contributed by atoms with Crippen LogP contribution < -0.4 is 11.3 Å². The molecule has 0 saturated heterocycles. The molecule has 0 bridgehead atoms. The minimum Gasteiger partial charge on any atom is -0.290 e. The Hall–Kier alpha value is -0.840. The number of nitrogens with zero attached hydrogens (tertiary/aromatic N) is 1. The molecule has 1 aromatic rings. The highest BCUT2D eigenvalue weighted by Crippen LogP contribution is 2.15. The third-order valence-corrected chi connectivity index (χ3v) is 1.69. The van der Waals surface area contributed by atoms with Gasteiger partial charge in [0.15, 0.2) is 0 Å². The summed E-state index contributed by atoms with van der Waals surface area (Å²) >= 11 is 11.1. The van der Waals surface area contributed by atoms with Crippen molar-refractivity contribution in [2.45, 2.75) is 0 Å². The topological polar surface area (TPSA) is 68.0 Å². The normalized spacial score (nSPS) is 9.58. The SMILES string of the molecule is NNC(=O)c1ccc(Cl)nc1Cl. The predicted octanol–water partition coefficient (Wildman–Crippen LogP) is 0.992. The van der Waals surface area contributed by atoms with E-state index in [2.05, 4.69) is 4.98 Å². The molecular weight excluding hydrogens is 201 g/mol. The minimum atomic E-state index is -0.496. The van der Waals surface area contributed by atoms with Crippen molar-refractivity contribution < 1.29 is 4.79 Å². The van der Waals surface area contributed by atoms with E-state index in [1.54, 1.807) is 0 Å². The lowest BCUT2D eigenvalue weighted by molar-refractivity contribution is 0.0953. The second kappa shape index (κ2) is 3.71. The van der Waals surface area contributed by atoms with Crippen LogP contribution in [0, 0.1) is 0 Å². The van der Waals surface area contributed by atoms with Gasteiger partial charge >= 0.3 is 0 Å². The van der Waals surface area contributed by atoms with Gasteiger partial charge in [0.1, 0.15) is 10.3 Å². The smallest absolute Gasteiger partial charge is 0.268 e. The largest absolute Gasteiger partial charge is 0.290 e. The molecule has 0 aliphatic heterocycles. The van der Waals surface area contributed by atoms with E-state index in [1.807, 2.05) is 5.43 Å². The number of amides is 1. The number of aromatic nitrogens is 1. The quantitative estimate of drug-likeness (QED) is 0.311. The summed E-state index contributed by atoms with van der Waals surface area (Å²) in [4.78, 5) is 14.6. The van der Waals surface area contributed by atoms with Crippen LogP contribution in [0.4, 0.5) is 0 Å². The number of nitrogens with two attached hydrogens (primary N) is 1. The average Bonchev–Trinajstić information content (AvgIpc) is 2.03. The molecule has 0 spiro atoms. The predicted molar refractivity (Wildman–Crippen MR) is 45.9 cm³/mol. The molecule has 0 saturated carbocycles. The molecule has 0 fully saturated rings. The van der Waals surface area contributed by atoms with E-state index in [0.717, 1.165) is 0 Å². The number of pyridine rings is 1. The van der Waals surface area contributed by atoms with Gasteiger partial charge in [-0.3, -0.25) is 10.2 Å². The van der Waals surface area contributed by atoms with Gasteiger partial charge in [0, 0.05) is 0 Å². The number of nitrogens with one attached hydrogen (secondary N) is 1. The summed E-state index contributed by atoms with van der Waals surface area (Å²) in [5, 5.41) is 0.263. The fraction of sp³-hybridized carbons (Fsp3) is 0. The summed E-state index contributed by atoms with van der Waals surface area (Å²) in [7, 11) is 0. The van der Waals surface area contributed by atoms with E-state index in [0.29, 0.717) is 0 Å². The molecule has 12 heavy (non-hydrogen) atoms. The highest BCUT2D eigenvalue weighted by Gasteiger charge is 2.09. The first kappa shape index (κ1) is 9.25. The van der Waals surface area contributed by atoms with Crippen molar-refractivity contribution in [1.29, 1.82) is 0 Å². The van der Waals surface area contributed by atoms with Gasteiger partial charge in [-0.1, -0.05) is 23.2 Å². The molecule has 1 rings (SSSR count). The zero-order chi connectivity index (χ0) is 9.14. The summed E-state index contributed by atoms with van der Waals surface area (Å²) in [6, 6.07) is 2.90. The van der Waals surface area contributed by atoms with Gasteiger partial charge in [0.25, 0.3) is 5.91 Å². The van der Waals surface area contributed by atoms with Gasteiger partial charge in [-0.15, -0.1) is 0 Å². The Morgan fingerprint density at radius 2 is 2.17 bits per heavy atom. The number of hydrazine groups is 1. The summed E-state index contributed by atoms with van der Waals surface area (Å²) in [6.45, 7) is 0. The van der Waals surface area contributed by atoms with Crippen molar-refractivity contribution in [1.82, 2.24) is 10.4 Å². The maximum atomic E-state index is 10.9. The van der Waals surface area contributed by atoms with Gasteiger partial charge in [-0.2, -0.15) is 0 Å². The fourth-order valence-corrected chi connectivity index (χ4v) is 1.09. The van der Waals surface area contributed by atoms with Crippen LogP contribution in [0.5, 0.6) is 0 Å². The summed E-state index contributed by atoms with van der Waals surface area (Å²) in [5.41, 5.74) is 2.13. The van der Waals surface area contributed by atoms with Crippen LogP contribution >= 0.6 is 23.2 Å². The molecule has 0 aromatic carbocycles. The van der Waals surface area contributed by atoms with Gasteiger partial charge in [0.2, 0.25) is 0 Å². The van der Waals surface area contributed by atoms with Crippen LogP contribution in [-0.2, 0) is 0 Å². The van der Waals surface area contributed by atoms with E-state index in [9.17, 15) is 4.79 Å². The summed E-state index contributed by atoms with van der Waals surface area (Å²) < 4.78 is 0. The van der Waals surface area contributed by atoms with Crippen LogP contribution in [0.15, 0.2) is 12.1 Å². The number of carbonyl (C=O) groups excluding carboxylic acids is 1. The second-order valence-electron chi connectivity index (χ2n) is 1.95. The molecule has 4 nitrogen and oxygen atoms in total. The van der Waals surface area contributed by atoms with E-state index >= 15 is 0 Å². The molecule has 0 aliphatic carbocycles. The van der Waals surface area contributed by atoms with Crippen LogP contribution in [-0.4, -0.2) is 10.9 Å². The van der Waals surface area contributed by atoms with Crippen LogP contribution in [0.25, 0.3) is 0 Å². The molecule has 3 N–H and O–H groups in total. The maximum absolute atomic E-state index is 10.9. The molecule has 0 atom stereocenters. The van der Waals surface area contributed by atoms with E-state index in [-0.39, 0.29) is 15.9 Å². The number of hydrogen-bond acceptors (Lipinski definition) is 3. The van der Waals surface area contributed by atoms with Gasteiger partial charge < -0.3 is 0 Å². The molecular formula is C6H5Cl2N3O. The van der Waals surface area contributed by atoms with E-state index in [1.165, 1.54) is 12.1 Å². The lowest BCUT2D eigenvalue weighted by Gasteiger charge is -2.00. The first-order valence-corrected chi connectivity index (χ1v) is 3.73. The van der Waals surface area contributed by atoms with Crippen LogP contribution in [0.1, 0.15) is 10.4 Å². The number of rotatable bonds is 1. The zero-order valence-corrected chi connectivity index (χ0v) is 7.36. The molecule has 1 heterocycles. The molecule has 1 aromatic heterocycles. The summed E-state index contributed by atoms with van der Waals surface area (Å²) in [5.74, 6) is 4.40. The minimum absolute atomic E-state index is 0.0328. The van der Waals surface area contributed by atoms with Crippen molar-refractivity contribution in [3.05, 3.63) is 28.0 Å². The molecule has 6 heteroatoms. The van der Waals surface area contributed by atoms with Gasteiger partial charge in [0.05, 0.1) is 5.56 Å². The third kappa shape index (κ3) is 1.85. The summed E-state index contributed by atoms with van der Waals surface area (Å²) in [6.07, 6.45) is 0. The Morgan fingerprint density at radius 1 is 1.50 bits per heavy atom. The zero-order valence-electron chi connectivity index (χ0n) is 5.84. The first-order valence-electron chi connectivity index (χ1n) is 2.98. The fourth-order valence-electron chi connectivity index (χ4n) is 0.659. The van der Waals surface area contributed by atoms with E-state index in [4.69, 9.17) is 29.0 Å². The third-order valence-electron chi connectivity index (χ3n) is 1.19. The number of carbonyl (C=O) groups is 1. The molecule has 0 unspecified atom stereocenters. The van der Waals surface area contributed by atoms with Gasteiger partial charge in [-0.25, -0.2) is 10.8 Å². The Labute approximate surface area is 78.6 Å². The molecule has 0 radical (unpaired) electrons. The van der Waals surface area contributed by atoms with Crippen molar-refractivity contribution in [3.63, 3.8) is 0 Å². The lowest BCUT2D eigenvalue weighted by atomic mass is 10.3. The lowest BCUT2D eigenvalue weighted by Crippen LogP contribution is -2.30. The van der Waals surface area contributed by atoms with E-state index < -0.39 is 5.91 Å². The standard InChI is InChI=1S/C6H5Cl2N3O/c7-4-2-1-3(5(8)10-4)6(12)11-9/h1-2H,9H2,(H,11,12). The van der Waals surface area contributed by atoms with Crippen LogP contribution in [0.3, 0.4) is 0 Å². The Morgan fingerprint density at radius 3 is 2.67 bits per heavy atom. The van der Waals surface area contributed by atoms with Crippen molar-refractivity contribution in [3.8, 4) is 0 Å². The molecule has 0 aliphatic rings. The number of hydrogen-bond donors (Lipinski definition) is 2. The van der Waals surface area contributed by atoms with Crippen molar-refractivity contribution >= 4 is 29.1 Å². The molecule has 64 valence electrons. The monoisotopic (exact) mass is 205 g/mol. The van der Waals surface area contributed by atoms with Crippen molar-refractivity contribution in [2.75, 3.05) is 0 Å². The van der Waals surface area contributed by atoms with Gasteiger partial charge in [-0.05, 0) is 12.1 Å². The van der Waals surface area contributed by atoms with Crippen LogP contribution in [0.2, 0.25) is 10.3 Å². The number of halogens is 2. The second-order valence-corrected chi connectivity index (χ2v) is 2.69. The Kier molecular flexibility index (Phi) is 2.86. The maximum Gasteiger partial charge on any atom is 0.268 e. The average molecular weight is 206 g/mol. The number of nitrogen functional groups attached to an aromatic ring is 1. The Bertz CT molecular complexity index is 316.